The Morgan fingerprint density at radius 3 is 1.43 bits per heavy atom. The predicted octanol–water partition coefficient (Wildman–Crippen LogP) is 15.1. The second-order valence-electron chi connectivity index (χ2n) is 15.9. The second-order valence-corrected chi connectivity index (χ2v) is 15.9. The molecule has 0 radical (unpaired) electrons. The molecule has 7 nitrogen and oxygen atoms in total. The molecule has 0 saturated carbocycles. The first-order valence-corrected chi connectivity index (χ1v) is 23.0. The number of carbonyl (C=O) groups excluding carboxylic acids is 2. The van der Waals surface area contributed by atoms with Crippen LogP contribution >= 0.6 is 0 Å². The average Bonchev–Trinajstić information content (AvgIpc) is 3.21. The molecule has 0 fully saturated rings. The lowest BCUT2D eigenvalue weighted by molar-refractivity contribution is -0.135. The zero-order valence-corrected chi connectivity index (χ0v) is 36.0. The minimum absolute atomic E-state index is 0.00465. The summed E-state index contributed by atoms with van der Waals surface area (Å²) in [6.07, 6.45) is 42.3. The highest BCUT2D eigenvalue weighted by Gasteiger charge is 2.16. The summed E-state index contributed by atoms with van der Waals surface area (Å²) in [7, 11) is 0. The van der Waals surface area contributed by atoms with Gasteiger partial charge in [-0.25, -0.2) is 0 Å². The summed E-state index contributed by atoms with van der Waals surface area (Å²) >= 11 is 0. The molecule has 1 N–H and O–H groups in total. The quantitative estimate of drug-likeness (QED) is 0.0283. The number of phenols is 1. The molecule has 3 aromatic rings. The fraction of sp³-hybridized carbons (Fsp3) is 0.588. The van der Waals surface area contributed by atoms with Crippen molar-refractivity contribution in [2.75, 3.05) is 0 Å². The fourth-order valence-corrected chi connectivity index (χ4v) is 7.21. The molecule has 1 aromatic heterocycles. The summed E-state index contributed by atoms with van der Waals surface area (Å²) in [5.74, 6) is -0.444. The number of allylic oxidation sites excluding steroid dienone is 4. The first kappa shape index (κ1) is 48.2. The van der Waals surface area contributed by atoms with Gasteiger partial charge in [-0.05, 0) is 81.9 Å². The van der Waals surface area contributed by atoms with Gasteiger partial charge in [-0.1, -0.05) is 153 Å². The summed E-state index contributed by atoms with van der Waals surface area (Å²) in [5, 5.41) is 10.8. The van der Waals surface area contributed by atoms with Crippen molar-refractivity contribution in [2.45, 2.75) is 194 Å². The summed E-state index contributed by atoms with van der Waals surface area (Å²) < 4.78 is 16.8. The smallest absolute Gasteiger partial charge is 0.311 e. The maximum Gasteiger partial charge on any atom is 0.311 e. The van der Waals surface area contributed by atoms with Gasteiger partial charge in [-0.2, -0.15) is 0 Å². The molecule has 0 amide bonds. The normalized spacial score (nSPS) is 11.6. The Morgan fingerprint density at radius 1 is 0.552 bits per heavy atom. The highest BCUT2D eigenvalue weighted by atomic mass is 16.5. The van der Waals surface area contributed by atoms with E-state index in [2.05, 4.69) is 38.2 Å². The van der Waals surface area contributed by atoms with Crippen molar-refractivity contribution in [3.63, 3.8) is 0 Å². The minimum Gasteiger partial charge on any atom is -0.507 e. The number of fused-ring (bicyclic) bond motifs is 1. The number of esters is 2. The Bertz CT molecular complexity index is 1680. The van der Waals surface area contributed by atoms with Gasteiger partial charge in [0.15, 0.2) is 0 Å². The third-order valence-electron chi connectivity index (χ3n) is 10.7. The zero-order chi connectivity index (χ0) is 41.5. The van der Waals surface area contributed by atoms with Gasteiger partial charge in [0, 0.05) is 25.0 Å². The van der Waals surface area contributed by atoms with Gasteiger partial charge in [0.2, 0.25) is 5.43 Å². The highest BCUT2D eigenvalue weighted by molar-refractivity contribution is 5.88. The molecule has 0 unspecified atom stereocenters. The van der Waals surface area contributed by atoms with Crippen molar-refractivity contribution in [2.24, 2.45) is 0 Å². The van der Waals surface area contributed by atoms with Crippen LogP contribution in [-0.2, 0) is 9.59 Å². The van der Waals surface area contributed by atoms with Crippen LogP contribution in [0.25, 0.3) is 22.1 Å². The van der Waals surface area contributed by atoms with E-state index >= 15 is 0 Å². The zero-order valence-electron chi connectivity index (χ0n) is 36.0. The number of rotatable bonds is 33. The Kier molecular flexibility index (Phi) is 25.7. The number of carbonyl (C=O) groups is 2. The van der Waals surface area contributed by atoms with Gasteiger partial charge >= 0.3 is 11.9 Å². The molecule has 320 valence electrons. The highest BCUT2D eigenvalue weighted by Crippen LogP contribution is 2.31. The molecule has 0 aliphatic rings. The summed E-state index contributed by atoms with van der Waals surface area (Å²) in [6, 6.07) is 9.40. The molecule has 0 bridgehead atoms. The summed E-state index contributed by atoms with van der Waals surface area (Å²) in [4.78, 5) is 38.4. The maximum atomic E-state index is 13.4. The standard InChI is InChI=1S/C51H74O7/c1-3-5-7-9-11-13-15-17-19-21-23-25-27-29-31-33-48(53)57-43-37-35-42(36-38-43)45-41-56-47-40-44(39-46(52)50(47)51(45)55)58-49(54)34-32-30-28-26-24-22-20-18-16-14-12-10-8-6-4-2/h17-20,35-41,52H,3-16,21-34H2,1-2H3/b19-17+,20-18+. The van der Waals surface area contributed by atoms with Crippen molar-refractivity contribution < 1.29 is 28.6 Å². The maximum absolute atomic E-state index is 13.4. The van der Waals surface area contributed by atoms with E-state index in [-0.39, 0.29) is 46.4 Å². The monoisotopic (exact) mass is 799 g/mol. The van der Waals surface area contributed by atoms with Crippen molar-refractivity contribution in [3.8, 4) is 28.4 Å². The van der Waals surface area contributed by atoms with E-state index in [9.17, 15) is 19.5 Å². The number of aromatic hydroxyl groups is 1. The van der Waals surface area contributed by atoms with Gasteiger partial charge < -0.3 is 19.0 Å². The first-order valence-electron chi connectivity index (χ1n) is 23.0. The van der Waals surface area contributed by atoms with Crippen molar-refractivity contribution in [1.29, 1.82) is 0 Å². The fourth-order valence-electron chi connectivity index (χ4n) is 7.21. The Labute approximate surface area is 349 Å². The summed E-state index contributed by atoms with van der Waals surface area (Å²) in [6.45, 7) is 4.50. The predicted molar refractivity (Wildman–Crippen MR) is 240 cm³/mol. The molecule has 7 heteroatoms. The number of phenolic OH excluding ortho intramolecular Hbond substituents is 1. The lowest BCUT2D eigenvalue weighted by Crippen LogP contribution is -2.09. The van der Waals surface area contributed by atoms with Crippen LogP contribution in [0.5, 0.6) is 17.2 Å². The Hall–Kier alpha value is -4.13. The number of ether oxygens (including phenoxy) is 2. The van der Waals surface area contributed by atoms with Gasteiger partial charge in [-0.15, -0.1) is 0 Å². The van der Waals surface area contributed by atoms with Gasteiger partial charge in [-0.3, -0.25) is 14.4 Å². The van der Waals surface area contributed by atoms with Crippen LogP contribution in [-0.4, -0.2) is 17.0 Å². The van der Waals surface area contributed by atoms with Crippen LogP contribution in [0.1, 0.15) is 194 Å². The van der Waals surface area contributed by atoms with Crippen molar-refractivity contribution in [1.82, 2.24) is 0 Å². The number of hydrogen-bond donors (Lipinski definition) is 1. The largest absolute Gasteiger partial charge is 0.507 e. The molecule has 0 saturated heterocycles. The molecule has 0 aliphatic carbocycles. The molecular weight excluding hydrogens is 725 g/mol. The van der Waals surface area contributed by atoms with Crippen LogP contribution < -0.4 is 14.9 Å². The van der Waals surface area contributed by atoms with Gasteiger partial charge in [0.25, 0.3) is 0 Å². The van der Waals surface area contributed by atoms with E-state index in [1.807, 2.05) is 0 Å². The molecule has 0 aliphatic heterocycles. The number of hydrogen-bond acceptors (Lipinski definition) is 7. The number of benzene rings is 2. The minimum atomic E-state index is -0.418. The SMILES string of the molecule is CCCCCCCC/C=C/CCCCCCCC(=O)Oc1ccc(-c2coc3cc(OC(=O)CCCCCCC/C=C/CCCCCCCC)cc(O)c3c2=O)cc1. The van der Waals surface area contributed by atoms with Crippen molar-refractivity contribution >= 4 is 22.9 Å². The molecule has 58 heavy (non-hydrogen) atoms. The van der Waals surface area contributed by atoms with E-state index in [1.165, 1.54) is 128 Å². The topological polar surface area (TPSA) is 103 Å². The summed E-state index contributed by atoms with van der Waals surface area (Å²) in [5.41, 5.74) is 0.517. The molecular formula is C51H74O7. The van der Waals surface area contributed by atoms with Crippen molar-refractivity contribution in [3.05, 3.63) is 77.2 Å². The molecule has 0 spiro atoms. The van der Waals surface area contributed by atoms with Crippen LogP contribution in [0.3, 0.4) is 0 Å². The Balaban J connectivity index is 1.31. The average molecular weight is 799 g/mol. The van der Waals surface area contributed by atoms with E-state index in [0.717, 1.165) is 57.8 Å². The molecule has 0 atom stereocenters. The third kappa shape index (κ3) is 20.5. The van der Waals surface area contributed by atoms with Gasteiger partial charge in [0.1, 0.15) is 34.5 Å². The molecule has 1 heterocycles. The van der Waals surface area contributed by atoms with E-state index in [0.29, 0.717) is 17.7 Å². The van der Waals surface area contributed by atoms with Gasteiger partial charge in [0.05, 0.1) is 5.56 Å². The second kappa shape index (κ2) is 30.9. The van der Waals surface area contributed by atoms with Crippen LogP contribution in [0.4, 0.5) is 0 Å². The molecule has 2 aromatic carbocycles. The van der Waals surface area contributed by atoms with Crippen LogP contribution in [0.15, 0.2) is 76.2 Å². The van der Waals surface area contributed by atoms with Crippen LogP contribution in [0.2, 0.25) is 0 Å². The first-order chi connectivity index (χ1) is 28.4. The van der Waals surface area contributed by atoms with E-state index in [1.54, 1.807) is 24.3 Å². The van der Waals surface area contributed by atoms with E-state index in [4.69, 9.17) is 13.9 Å². The van der Waals surface area contributed by atoms with Crippen LogP contribution in [0, 0.1) is 0 Å². The third-order valence-corrected chi connectivity index (χ3v) is 10.7. The van der Waals surface area contributed by atoms with E-state index < -0.39 is 5.43 Å². The lowest BCUT2D eigenvalue weighted by Gasteiger charge is -2.09. The Morgan fingerprint density at radius 2 is 0.966 bits per heavy atom. The molecule has 3 rings (SSSR count). The number of unbranched alkanes of at least 4 members (excludes halogenated alkanes) is 22. The lowest BCUT2D eigenvalue weighted by atomic mass is 10.0.